The molecule has 5 aliphatic rings. The molecule has 32 heavy (non-hydrogen) atoms. The summed E-state index contributed by atoms with van der Waals surface area (Å²) in [6, 6.07) is 12.3. The van der Waals surface area contributed by atoms with Crippen LogP contribution in [0.5, 0.6) is 5.75 Å². The lowest BCUT2D eigenvalue weighted by Crippen LogP contribution is -2.48. The first-order valence-electron chi connectivity index (χ1n) is 11.6. The van der Waals surface area contributed by atoms with E-state index in [9.17, 15) is 14.7 Å². The van der Waals surface area contributed by atoms with E-state index < -0.39 is 0 Å². The monoisotopic (exact) mass is 445 g/mol. The van der Waals surface area contributed by atoms with Crippen molar-refractivity contribution in [1.82, 2.24) is 5.32 Å². The normalized spacial score (nSPS) is 32.0. The van der Waals surface area contributed by atoms with Crippen LogP contribution in [-0.2, 0) is 10.2 Å². The highest BCUT2D eigenvalue weighted by atomic mass is 32.2. The van der Waals surface area contributed by atoms with Crippen molar-refractivity contribution in [2.24, 2.45) is 17.8 Å². The number of hydrogen-bond donors (Lipinski definition) is 2. The molecule has 2 N–H and O–H groups in total. The Bertz CT molecular complexity index is 1130. The minimum atomic E-state index is -0.335. The maximum absolute atomic E-state index is 11.8. The van der Waals surface area contributed by atoms with Gasteiger partial charge in [-0.05, 0) is 121 Å². The van der Waals surface area contributed by atoms with Crippen molar-refractivity contribution in [2.45, 2.75) is 50.9 Å². The smallest absolute Gasteiger partial charge is 0.290 e. The first-order chi connectivity index (χ1) is 15.4. The average Bonchev–Trinajstić information content (AvgIpc) is 3.04. The molecule has 7 rings (SSSR count). The van der Waals surface area contributed by atoms with E-state index in [1.807, 2.05) is 18.2 Å². The van der Waals surface area contributed by atoms with Gasteiger partial charge < -0.3 is 5.11 Å². The molecule has 164 valence electrons. The first kappa shape index (κ1) is 20.1. The molecule has 5 heteroatoms. The first-order valence-corrected chi connectivity index (χ1v) is 12.4. The predicted molar refractivity (Wildman–Crippen MR) is 127 cm³/mol. The number of imide groups is 1. The molecule has 4 bridgehead atoms. The largest absolute Gasteiger partial charge is 0.508 e. The summed E-state index contributed by atoms with van der Waals surface area (Å²) < 4.78 is 0. The lowest BCUT2D eigenvalue weighted by Gasteiger charge is -2.57. The van der Waals surface area contributed by atoms with Crippen molar-refractivity contribution < 1.29 is 14.7 Å². The minimum Gasteiger partial charge on any atom is -0.508 e. The van der Waals surface area contributed by atoms with Gasteiger partial charge in [-0.25, -0.2) is 0 Å². The molecule has 0 unspecified atom stereocenters. The molecule has 4 aliphatic carbocycles. The topological polar surface area (TPSA) is 66.4 Å². The van der Waals surface area contributed by atoms with Gasteiger partial charge in [0.1, 0.15) is 5.75 Å². The van der Waals surface area contributed by atoms with Gasteiger partial charge in [0.25, 0.3) is 11.1 Å². The van der Waals surface area contributed by atoms with Crippen LogP contribution in [0.2, 0.25) is 0 Å². The number of amides is 2. The Hall–Kier alpha value is -2.53. The molecule has 1 aliphatic heterocycles. The Morgan fingerprint density at radius 3 is 2.19 bits per heavy atom. The van der Waals surface area contributed by atoms with E-state index in [0.29, 0.717) is 10.7 Å². The summed E-state index contributed by atoms with van der Waals surface area (Å²) in [4.78, 5) is 23.6. The molecule has 0 aromatic heterocycles. The van der Waals surface area contributed by atoms with E-state index in [4.69, 9.17) is 0 Å². The second-order valence-electron chi connectivity index (χ2n) is 10.4. The molecule has 2 aromatic rings. The van der Waals surface area contributed by atoms with Gasteiger partial charge >= 0.3 is 0 Å². The molecule has 1 saturated heterocycles. The van der Waals surface area contributed by atoms with Crippen molar-refractivity contribution in [3.05, 3.63) is 58.0 Å². The van der Waals surface area contributed by atoms with E-state index in [0.717, 1.165) is 57.3 Å². The Morgan fingerprint density at radius 1 is 1.00 bits per heavy atom. The number of phenols is 1. The van der Waals surface area contributed by atoms with Crippen molar-refractivity contribution in [3.8, 4) is 16.9 Å². The third-order valence-electron chi connectivity index (χ3n) is 8.11. The summed E-state index contributed by atoms with van der Waals surface area (Å²) in [5.74, 6) is 2.61. The summed E-state index contributed by atoms with van der Waals surface area (Å²) in [6.07, 6.45) is 9.58. The Labute approximate surface area is 192 Å². The van der Waals surface area contributed by atoms with Gasteiger partial charge in [-0.3, -0.25) is 14.9 Å². The Kier molecular flexibility index (Phi) is 4.55. The summed E-state index contributed by atoms with van der Waals surface area (Å²) in [5, 5.41) is 13.0. The number of carbonyl (C=O) groups excluding carboxylic acids is 2. The second kappa shape index (κ2) is 7.24. The van der Waals surface area contributed by atoms with Crippen molar-refractivity contribution in [3.63, 3.8) is 0 Å². The Morgan fingerprint density at radius 2 is 1.62 bits per heavy atom. The van der Waals surface area contributed by atoms with Crippen LogP contribution in [0.15, 0.2) is 41.3 Å². The molecule has 4 saturated carbocycles. The number of nitrogens with one attached hydrogen (secondary N) is 1. The quantitative estimate of drug-likeness (QED) is 0.555. The van der Waals surface area contributed by atoms with E-state index >= 15 is 0 Å². The maximum Gasteiger partial charge on any atom is 0.290 e. The van der Waals surface area contributed by atoms with Crippen molar-refractivity contribution in [2.75, 3.05) is 0 Å². The summed E-state index contributed by atoms with van der Waals surface area (Å²) in [5.41, 5.74) is 5.52. The number of thioether (sulfide) groups is 1. The van der Waals surface area contributed by atoms with E-state index in [1.54, 1.807) is 6.08 Å². The number of phenolic OH excluding ortho intramolecular Hbond substituents is 1. The number of carbonyl (C=O) groups is 2. The SMILES string of the molecule is Cc1cc(O)c(C23CC4CC(CC(C4)C2)C3)cc1-c1ccc(/C=C2\SC(=O)NC2=O)cc1. The summed E-state index contributed by atoms with van der Waals surface area (Å²) in [7, 11) is 0. The van der Waals surface area contributed by atoms with Gasteiger partial charge in [0, 0.05) is 5.56 Å². The summed E-state index contributed by atoms with van der Waals surface area (Å²) >= 11 is 0.936. The van der Waals surface area contributed by atoms with Gasteiger partial charge in [-0.1, -0.05) is 24.3 Å². The molecule has 0 spiro atoms. The molecule has 2 amide bonds. The van der Waals surface area contributed by atoms with Gasteiger partial charge in [0.05, 0.1) is 4.91 Å². The van der Waals surface area contributed by atoms with E-state index in [2.05, 4.69) is 30.4 Å². The van der Waals surface area contributed by atoms with Crippen LogP contribution in [0.1, 0.15) is 55.2 Å². The number of benzene rings is 2. The summed E-state index contributed by atoms with van der Waals surface area (Å²) in [6.45, 7) is 2.06. The molecule has 0 radical (unpaired) electrons. The number of rotatable bonds is 3. The van der Waals surface area contributed by atoms with Crippen LogP contribution in [-0.4, -0.2) is 16.3 Å². The molecule has 1 heterocycles. The highest BCUT2D eigenvalue weighted by Gasteiger charge is 2.52. The number of aromatic hydroxyl groups is 1. The lowest BCUT2D eigenvalue weighted by atomic mass is 9.48. The van der Waals surface area contributed by atoms with Crippen LogP contribution < -0.4 is 5.32 Å². The molecular formula is C27H27NO3S. The lowest BCUT2D eigenvalue weighted by molar-refractivity contribution is -0.115. The third kappa shape index (κ3) is 3.29. The van der Waals surface area contributed by atoms with Crippen LogP contribution in [0.3, 0.4) is 0 Å². The maximum atomic E-state index is 11.8. The standard InChI is InChI=1S/C27H27NO3S/c1-15-6-23(29)22(27-12-17-7-18(13-27)9-19(8-17)14-27)11-21(15)20-4-2-16(3-5-20)10-24-25(30)28-26(31)32-24/h2-6,10-11,17-19,29H,7-9,12-14H2,1H3,(H,28,30,31)/b24-10-. The number of aryl methyl sites for hydroxylation is 1. The Balaban J connectivity index is 1.34. The van der Waals surface area contributed by atoms with Crippen LogP contribution >= 0.6 is 11.8 Å². The average molecular weight is 446 g/mol. The van der Waals surface area contributed by atoms with E-state index in [1.165, 1.54) is 38.5 Å². The fourth-order valence-electron chi connectivity index (χ4n) is 7.20. The van der Waals surface area contributed by atoms with E-state index in [-0.39, 0.29) is 16.6 Å². The van der Waals surface area contributed by atoms with Gasteiger partial charge in [0.2, 0.25) is 0 Å². The highest BCUT2D eigenvalue weighted by Crippen LogP contribution is 2.62. The van der Waals surface area contributed by atoms with Crippen molar-refractivity contribution >= 4 is 29.0 Å². The van der Waals surface area contributed by atoms with Crippen LogP contribution in [0.4, 0.5) is 4.79 Å². The fraction of sp³-hybridized carbons (Fsp3) is 0.407. The fourth-order valence-corrected chi connectivity index (χ4v) is 7.88. The van der Waals surface area contributed by atoms with Crippen molar-refractivity contribution in [1.29, 1.82) is 0 Å². The zero-order chi connectivity index (χ0) is 22.0. The van der Waals surface area contributed by atoms with Crippen LogP contribution in [0.25, 0.3) is 17.2 Å². The molecule has 2 aromatic carbocycles. The molecule has 0 atom stereocenters. The molecule has 5 fully saturated rings. The minimum absolute atomic E-state index is 0.144. The zero-order valence-corrected chi connectivity index (χ0v) is 19.0. The molecular weight excluding hydrogens is 418 g/mol. The highest BCUT2D eigenvalue weighted by molar-refractivity contribution is 8.18. The van der Waals surface area contributed by atoms with Crippen LogP contribution in [0, 0.1) is 24.7 Å². The van der Waals surface area contributed by atoms with Gasteiger partial charge in [-0.15, -0.1) is 0 Å². The van der Waals surface area contributed by atoms with Gasteiger partial charge in [0.15, 0.2) is 0 Å². The predicted octanol–water partition coefficient (Wildman–Crippen LogP) is 6.16. The third-order valence-corrected chi connectivity index (χ3v) is 8.92. The second-order valence-corrected chi connectivity index (χ2v) is 11.4. The zero-order valence-electron chi connectivity index (χ0n) is 18.2. The number of hydrogen-bond acceptors (Lipinski definition) is 4. The van der Waals surface area contributed by atoms with Gasteiger partial charge in [-0.2, -0.15) is 0 Å². The molecule has 4 nitrogen and oxygen atoms in total.